The Kier molecular flexibility index (Phi) is 7.38. The number of nitrogens with two attached hydrogens (primary N) is 1. The third kappa shape index (κ3) is 6.35. The quantitative estimate of drug-likeness (QED) is 0.263. The van der Waals surface area contributed by atoms with E-state index in [4.69, 9.17) is 5.84 Å². The van der Waals surface area contributed by atoms with Crippen LogP contribution < -0.4 is 16.6 Å². The summed E-state index contributed by atoms with van der Waals surface area (Å²) >= 11 is 0. The third-order valence-corrected chi connectivity index (χ3v) is 3.10. The molecule has 0 saturated carbocycles. The number of nitrogens with zero attached hydrogens (tertiary/aromatic N) is 3. The predicted molar refractivity (Wildman–Crippen MR) is 82.9 cm³/mol. The highest BCUT2D eigenvalue weighted by atomic mass is 16.6. The number of hydrogen-bond acceptors (Lipinski definition) is 7. The molecular weight excluding hydrogens is 272 g/mol. The van der Waals surface area contributed by atoms with Gasteiger partial charge in [-0.25, -0.2) is 10.8 Å². The van der Waals surface area contributed by atoms with E-state index in [-0.39, 0.29) is 17.5 Å². The maximum atomic E-state index is 10.9. The van der Waals surface area contributed by atoms with Gasteiger partial charge in [0.1, 0.15) is 6.20 Å². The molecule has 118 valence electrons. The molecule has 0 saturated heterocycles. The van der Waals surface area contributed by atoms with Crippen LogP contribution in [0.15, 0.2) is 6.20 Å². The highest BCUT2D eigenvalue weighted by Gasteiger charge is 2.16. The summed E-state index contributed by atoms with van der Waals surface area (Å²) in [6.07, 6.45) is 6.85. The first-order valence-electron chi connectivity index (χ1n) is 7.26. The zero-order chi connectivity index (χ0) is 15.7. The lowest BCUT2D eigenvalue weighted by Gasteiger charge is -2.08. The van der Waals surface area contributed by atoms with Gasteiger partial charge >= 0.3 is 5.69 Å². The molecular formula is C13H24N6O2. The second kappa shape index (κ2) is 9.06. The lowest BCUT2D eigenvalue weighted by atomic mass is 10.0. The Morgan fingerprint density at radius 2 is 2.05 bits per heavy atom. The Bertz CT molecular complexity index is 452. The van der Waals surface area contributed by atoms with Crippen LogP contribution in [0.5, 0.6) is 0 Å². The van der Waals surface area contributed by atoms with Gasteiger partial charge in [-0.2, -0.15) is 4.98 Å². The molecule has 0 unspecified atom stereocenters. The van der Waals surface area contributed by atoms with Crippen LogP contribution in [0.4, 0.5) is 17.5 Å². The van der Waals surface area contributed by atoms with Crippen LogP contribution in [0.2, 0.25) is 0 Å². The van der Waals surface area contributed by atoms with Crippen molar-refractivity contribution in [3.63, 3.8) is 0 Å². The molecule has 0 aliphatic carbocycles. The minimum absolute atomic E-state index is 0.145. The molecule has 0 bridgehead atoms. The fourth-order valence-corrected chi connectivity index (χ4v) is 1.95. The van der Waals surface area contributed by atoms with E-state index in [1.807, 2.05) is 0 Å². The van der Waals surface area contributed by atoms with E-state index < -0.39 is 4.92 Å². The van der Waals surface area contributed by atoms with Crippen LogP contribution >= 0.6 is 0 Å². The summed E-state index contributed by atoms with van der Waals surface area (Å²) in [6, 6.07) is 0. The normalized spacial score (nSPS) is 10.7. The zero-order valence-corrected chi connectivity index (χ0v) is 12.6. The lowest BCUT2D eigenvalue weighted by molar-refractivity contribution is -0.384. The van der Waals surface area contributed by atoms with Crippen molar-refractivity contribution in [1.82, 2.24) is 9.97 Å². The van der Waals surface area contributed by atoms with Crippen molar-refractivity contribution in [2.24, 2.45) is 11.8 Å². The van der Waals surface area contributed by atoms with Crippen LogP contribution in [0.1, 0.15) is 46.0 Å². The summed E-state index contributed by atoms with van der Waals surface area (Å²) in [6.45, 7) is 5.08. The van der Waals surface area contributed by atoms with E-state index in [0.717, 1.165) is 25.0 Å². The van der Waals surface area contributed by atoms with Gasteiger partial charge in [0.15, 0.2) is 0 Å². The summed E-state index contributed by atoms with van der Waals surface area (Å²) in [4.78, 5) is 18.1. The molecule has 1 aromatic heterocycles. The number of nitrogens with one attached hydrogen (secondary N) is 2. The molecule has 0 aliphatic rings. The molecule has 4 N–H and O–H groups in total. The van der Waals surface area contributed by atoms with E-state index in [1.165, 1.54) is 19.3 Å². The number of rotatable bonds is 10. The van der Waals surface area contributed by atoms with Gasteiger partial charge in [0.05, 0.1) is 4.92 Å². The van der Waals surface area contributed by atoms with Gasteiger partial charge in [0.25, 0.3) is 0 Å². The molecule has 1 aromatic rings. The highest BCUT2D eigenvalue weighted by Crippen LogP contribution is 2.21. The maximum Gasteiger partial charge on any atom is 0.329 e. The van der Waals surface area contributed by atoms with Gasteiger partial charge in [0, 0.05) is 6.54 Å². The minimum atomic E-state index is -0.509. The largest absolute Gasteiger partial charge is 0.364 e. The smallest absolute Gasteiger partial charge is 0.329 e. The average Bonchev–Trinajstić information content (AvgIpc) is 2.45. The Balaban J connectivity index is 2.38. The fourth-order valence-electron chi connectivity index (χ4n) is 1.95. The molecule has 8 nitrogen and oxygen atoms in total. The molecule has 0 aliphatic heterocycles. The summed E-state index contributed by atoms with van der Waals surface area (Å²) in [5, 5.41) is 13.9. The number of nitro groups is 1. The lowest BCUT2D eigenvalue weighted by Crippen LogP contribution is -2.13. The van der Waals surface area contributed by atoms with E-state index >= 15 is 0 Å². The van der Waals surface area contributed by atoms with Crippen LogP contribution in [0, 0.1) is 16.0 Å². The summed E-state index contributed by atoms with van der Waals surface area (Å²) in [7, 11) is 0. The third-order valence-electron chi connectivity index (χ3n) is 3.10. The summed E-state index contributed by atoms with van der Waals surface area (Å²) in [5.74, 6) is 6.30. The maximum absolute atomic E-state index is 10.9. The van der Waals surface area contributed by atoms with Crippen LogP contribution in [-0.2, 0) is 0 Å². The fraction of sp³-hybridized carbons (Fsp3) is 0.692. The van der Waals surface area contributed by atoms with Gasteiger partial charge in [-0.1, -0.05) is 39.5 Å². The Morgan fingerprint density at radius 3 is 2.67 bits per heavy atom. The van der Waals surface area contributed by atoms with Crippen molar-refractivity contribution in [1.29, 1.82) is 0 Å². The Hall–Kier alpha value is -1.96. The summed E-state index contributed by atoms with van der Waals surface area (Å²) in [5.41, 5.74) is 2.13. The number of anilines is 2. The molecule has 0 spiro atoms. The van der Waals surface area contributed by atoms with E-state index in [2.05, 4.69) is 34.6 Å². The Labute approximate surface area is 124 Å². The van der Waals surface area contributed by atoms with Crippen molar-refractivity contribution in [3.05, 3.63) is 16.3 Å². The molecule has 21 heavy (non-hydrogen) atoms. The Morgan fingerprint density at radius 1 is 1.33 bits per heavy atom. The van der Waals surface area contributed by atoms with Crippen LogP contribution in [0.3, 0.4) is 0 Å². The number of nitrogen functional groups attached to an aromatic ring is 1. The standard InChI is InChI=1S/C13H24N6O2/c1-10(2)7-5-3-4-6-8-15-12-11(19(20)21)9-16-13(17-12)18-14/h9-10H,3-8,14H2,1-2H3,(H2,15,16,17,18). The van der Waals surface area contributed by atoms with Crippen molar-refractivity contribution < 1.29 is 4.92 Å². The van der Waals surface area contributed by atoms with Crippen molar-refractivity contribution in [2.45, 2.75) is 46.0 Å². The molecule has 0 atom stereocenters. The monoisotopic (exact) mass is 296 g/mol. The van der Waals surface area contributed by atoms with Gasteiger partial charge in [-0.3, -0.25) is 15.5 Å². The first-order chi connectivity index (χ1) is 10.0. The number of hydrogen-bond donors (Lipinski definition) is 3. The van der Waals surface area contributed by atoms with Gasteiger partial charge < -0.3 is 5.32 Å². The second-order valence-corrected chi connectivity index (χ2v) is 5.35. The molecule has 0 aromatic carbocycles. The second-order valence-electron chi connectivity index (χ2n) is 5.35. The number of aromatic nitrogens is 2. The zero-order valence-electron chi connectivity index (χ0n) is 12.6. The first-order valence-corrected chi connectivity index (χ1v) is 7.26. The first kappa shape index (κ1) is 17.1. The number of hydrazine groups is 1. The molecule has 1 rings (SSSR count). The molecule has 0 amide bonds. The SMILES string of the molecule is CC(C)CCCCCCNc1nc(NN)ncc1[N+](=O)[O-]. The van der Waals surface area contributed by atoms with Crippen molar-refractivity contribution in [2.75, 3.05) is 17.3 Å². The number of unbranched alkanes of at least 4 members (excludes halogenated alkanes) is 3. The van der Waals surface area contributed by atoms with Gasteiger partial charge in [0.2, 0.25) is 11.8 Å². The van der Waals surface area contributed by atoms with Gasteiger partial charge in [-0.05, 0) is 12.3 Å². The van der Waals surface area contributed by atoms with Crippen molar-refractivity contribution >= 4 is 17.5 Å². The molecule has 8 heteroatoms. The minimum Gasteiger partial charge on any atom is -0.364 e. The topological polar surface area (TPSA) is 119 Å². The highest BCUT2D eigenvalue weighted by molar-refractivity contribution is 5.56. The van der Waals surface area contributed by atoms with E-state index in [9.17, 15) is 10.1 Å². The van der Waals surface area contributed by atoms with Crippen LogP contribution in [-0.4, -0.2) is 21.4 Å². The summed E-state index contributed by atoms with van der Waals surface area (Å²) < 4.78 is 0. The van der Waals surface area contributed by atoms with Gasteiger partial charge in [-0.15, -0.1) is 0 Å². The predicted octanol–water partition coefficient (Wildman–Crippen LogP) is 2.69. The van der Waals surface area contributed by atoms with E-state index in [0.29, 0.717) is 6.54 Å². The molecule has 1 heterocycles. The molecule has 0 fully saturated rings. The van der Waals surface area contributed by atoms with Crippen molar-refractivity contribution in [3.8, 4) is 0 Å². The average molecular weight is 296 g/mol. The molecule has 0 radical (unpaired) electrons. The van der Waals surface area contributed by atoms with E-state index in [1.54, 1.807) is 0 Å². The van der Waals surface area contributed by atoms with Crippen LogP contribution in [0.25, 0.3) is 0 Å².